The molecule has 0 aliphatic rings. The molecular formula is C11H8O3. The van der Waals surface area contributed by atoms with Crippen LogP contribution in [0.2, 0.25) is 0 Å². The summed E-state index contributed by atoms with van der Waals surface area (Å²) in [5, 5.41) is 0.761. The highest BCUT2D eigenvalue weighted by Gasteiger charge is 2.01. The van der Waals surface area contributed by atoms with Gasteiger partial charge in [-0.15, -0.1) is 0 Å². The topological polar surface area (TPSA) is 47.3 Å². The van der Waals surface area contributed by atoms with Gasteiger partial charge >= 0.3 is 5.63 Å². The third-order valence-corrected chi connectivity index (χ3v) is 2.03. The average Bonchev–Trinajstić information content (AvgIpc) is 2.16. The number of fused-ring (bicyclic) bond motifs is 1. The molecule has 0 radical (unpaired) electrons. The van der Waals surface area contributed by atoms with E-state index in [0.29, 0.717) is 11.1 Å². The van der Waals surface area contributed by atoms with Crippen molar-refractivity contribution in [2.24, 2.45) is 0 Å². The molecule has 70 valence electrons. The van der Waals surface area contributed by atoms with Crippen LogP contribution in [-0.4, -0.2) is 5.78 Å². The summed E-state index contributed by atoms with van der Waals surface area (Å²) in [5.41, 5.74) is 0.738. The van der Waals surface area contributed by atoms with Crippen LogP contribution in [0.3, 0.4) is 0 Å². The van der Waals surface area contributed by atoms with Crippen LogP contribution in [0.15, 0.2) is 39.5 Å². The van der Waals surface area contributed by atoms with Gasteiger partial charge in [-0.05, 0) is 31.2 Å². The van der Waals surface area contributed by atoms with Crippen molar-refractivity contribution in [3.05, 3.63) is 46.3 Å². The molecule has 0 amide bonds. The summed E-state index contributed by atoms with van der Waals surface area (Å²) in [6.07, 6.45) is 0. The van der Waals surface area contributed by atoms with Crippen LogP contribution in [0, 0.1) is 0 Å². The van der Waals surface area contributed by atoms with Crippen molar-refractivity contribution in [1.82, 2.24) is 0 Å². The monoisotopic (exact) mass is 188 g/mol. The van der Waals surface area contributed by atoms with Crippen LogP contribution in [0.1, 0.15) is 17.3 Å². The molecule has 2 rings (SSSR count). The lowest BCUT2D eigenvalue weighted by atomic mass is 10.1. The molecule has 1 aromatic heterocycles. The van der Waals surface area contributed by atoms with Crippen molar-refractivity contribution >= 4 is 16.8 Å². The molecule has 0 saturated carbocycles. The zero-order valence-corrected chi connectivity index (χ0v) is 7.61. The quantitative estimate of drug-likeness (QED) is 0.508. The molecule has 1 aromatic carbocycles. The van der Waals surface area contributed by atoms with E-state index in [1.54, 1.807) is 24.3 Å². The lowest BCUT2D eigenvalue weighted by Gasteiger charge is -1.97. The second kappa shape index (κ2) is 3.10. The van der Waals surface area contributed by atoms with E-state index in [4.69, 9.17) is 4.42 Å². The highest BCUT2D eigenvalue weighted by atomic mass is 16.4. The fraction of sp³-hybridized carbons (Fsp3) is 0.0909. The molecule has 14 heavy (non-hydrogen) atoms. The summed E-state index contributed by atoms with van der Waals surface area (Å²) in [6, 6.07) is 7.97. The third kappa shape index (κ3) is 1.44. The van der Waals surface area contributed by atoms with E-state index in [9.17, 15) is 9.59 Å². The second-order valence-electron chi connectivity index (χ2n) is 3.06. The number of hydrogen-bond donors (Lipinski definition) is 0. The fourth-order valence-corrected chi connectivity index (χ4v) is 1.29. The van der Waals surface area contributed by atoms with Gasteiger partial charge in [-0.25, -0.2) is 4.79 Å². The third-order valence-electron chi connectivity index (χ3n) is 2.03. The molecule has 3 heteroatoms. The Morgan fingerprint density at radius 2 is 2.00 bits per heavy atom. The summed E-state index contributed by atoms with van der Waals surface area (Å²) in [7, 11) is 0. The largest absolute Gasteiger partial charge is 0.423 e. The van der Waals surface area contributed by atoms with Crippen LogP contribution in [0.25, 0.3) is 11.0 Å². The molecule has 0 fully saturated rings. The Hall–Kier alpha value is -1.90. The van der Waals surface area contributed by atoms with E-state index < -0.39 is 0 Å². The van der Waals surface area contributed by atoms with Crippen LogP contribution in [0.4, 0.5) is 0 Å². The first kappa shape index (κ1) is 8.69. The maximum atomic E-state index is 11.1. The number of carbonyl (C=O) groups excluding carboxylic acids is 1. The SMILES string of the molecule is CC(=O)c1ccc2oc(=O)ccc2c1. The van der Waals surface area contributed by atoms with Crippen molar-refractivity contribution in [1.29, 1.82) is 0 Å². The molecule has 0 saturated heterocycles. The minimum absolute atomic E-state index is 0.00176. The van der Waals surface area contributed by atoms with E-state index in [1.165, 1.54) is 13.0 Å². The Morgan fingerprint density at radius 1 is 1.21 bits per heavy atom. The molecule has 0 aliphatic carbocycles. The zero-order valence-electron chi connectivity index (χ0n) is 7.61. The normalized spacial score (nSPS) is 10.4. The van der Waals surface area contributed by atoms with E-state index >= 15 is 0 Å². The average molecular weight is 188 g/mol. The molecule has 0 unspecified atom stereocenters. The summed E-state index contributed by atoms with van der Waals surface area (Å²) < 4.78 is 4.93. The first-order valence-electron chi connectivity index (χ1n) is 4.22. The van der Waals surface area contributed by atoms with Crippen molar-refractivity contribution in [3.63, 3.8) is 0 Å². The fourth-order valence-electron chi connectivity index (χ4n) is 1.29. The Labute approximate surface area is 80.0 Å². The molecule has 0 N–H and O–H groups in total. The van der Waals surface area contributed by atoms with Gasteiger partial charge in [0.2, 0.25) is 0 Å². The van der Waals surface area contributed by atoms with E-state index in [0.717, 1.165) is 5.39 Å². The number of benzene rings is 1. The van der Waals surface area contributed by atoms with Gasteiger partial charge < -0.3 is 4.42 Å². The van der Waals surface area contributed by atoms with Gasteiger partial charge in [-0.1, -0.05) is 0 Å². The summed E-state index contributed by atoms with van der Waals surface area (Å²) in [5.74, 6) is -0.00176. The molecule has 2 aromatic rings. The van der Waals surface area contributed by atoms with Gasteiger partial charge in [0, 0.05) is 17.0 Å². The molecule has 0 aliphatic heterocycles. The Kier molecular flexibility index (Phi) is 1.93. The van der Waals surface area contributed by atoms with Gasteiger partial charge in [0.15, 0.2) is 5.78 Å². The highest BCUT2D eigenvalue weighted by Crippen LogP contribution is 2.14. The first-order chi connectivity index (χ1) is 6.66. The van der Waals surface area contributed by atoms with Crippen LogP contribution >= 0.6 is 0 Å². The maximum Gasteiger partial charge on any atom is 0.336 e. The van der Waals surface area contributed by atoms with Crippen molar-refractivity contribution < 1.29 is 9.21 Å². The lowest BCUT2D eigenvalue weighted by Crippen LogP contribution is -1.96. The van der Waals surface area contributed by atoms with Crippen LogP contribution in [-0.2, 0) is 0 Å². The van der Waals surface area contributed by atoms with Crippen LogP contribution in [0.5, 0.6) is 0 Å². The van der Waals surface area contributed by atoms with Gasteiger partial charge in [0.25, 0.3) is 0 Å². The number of rotatable bonds is 1. The molecule has 0 spiro atoms. The van der Waals surface area contributed by atoms with Crippen molar-refractivity contribution in [2.75, 3.05) is 0 Å². The van der Waals surface area contributed by atoms with Gasteiger partial charge in [-0.3, -0.25) is 4.79 Å². The smallest absolute Gasteiger partial charge is 0.336 e. The Balaban J connectivity index is 2.73. The van der Waals surface area contributed by atoms with Crippen molar-refractivity contribution in [2.45, 2.75) is 6.92 Å². The summed E-state index contributed by atoms with van der Waals surface area (Å²) >= 11 is 0. The second-order valence-corrected chi connectivity index (χ2v) is 3.06. The standard InChI is InChI=1S/C11H8O3/c1-7(12)8-2-4-10-9(6-8)3-5-11(13)14-10/h2-6H,1H3. The minimum Gasteiger partial charge on any atom is -0.423 e. The van der Waals surface area contributed by atoms with Gasteiger partial charge in [-0.2, -0.15) is 0 Å². The Bertz CT molecular complexity index is 552. The lowest BCUT2D eigenvalue weighted by molar-refractivity contribution is 0.101. The first-order valence-corrected chi connectivity index (χ1v) is 4.22. The summed E-state index contributed by atoms with van der Waals surface area (Å²) in [6.45, 7) is 1.50. The molecule has 1 heterocycles. The van der Waals surface area contributed by atoms with Crippen LogP contribution < -0.4 is 5.63 Å². The van der Waals surface area contributed by atoms with Gasteiger partial charge in [0.05, 0.1) is 0 Å². The molecule has 0 bridgehead atoms. The Morgan fingerprint density at radius 3 is 2.71 bits per heavy atom. The van der Waals surface area contributed by atoms with E-state index in [1.807, 2.05) is 0 Å². The molecule has 3 nitrogen and oxygen atoms in total. The molecular weight excluding hydrogens is 180 g/mol. The predicted molar refractivity (Wildman–Crippen MR) is 52.5 cm³/mol. The van der Waals surface area contributed by atoms with E-state index in [2.05, 4.69) is 0 Å². The summed E-state index contributed by atoms with van der Waals surface area (Å²) in [4.78, 5) is 21.9. The molecule has 0 atom stereocenters. The van der Waals surface area contributed by atoms with Crippen molar-refractivity contribution in [3.8, 4) is 0 Å². The number of carbonyl (C=O) groups is 1. The van der Waals surface area contributed by atoms with E-state index in [-0.39, 0.29) is 11.4 Å². The highest BCUT2D eigenvalue weighted by molar-refractivity contribution is 5.97. The maximum absolute atomic E-state index is 11.1. The van der Waals surface area contributed by atoms with Gasteiger partial charge in [0.1, 0.15) is 5.58 Å². The number of hydrogen-bond acceptors (Lipinski definition) is 3. The predicted octanol–water partition coefficient (Wildman–Crippen LogP) is 2.00. The minimum atomic E-state index is -0.381. The number of ketones is 1. The zero-order chi connectivity index (χ0) is 10.1. The number of Topliss-reactive ketones (excluding diaryl/α,β-unsaturated/α-hetero) is 1.